The highest BCUT2D eigenvalue weighted by atomic mass is 16.2. The number of nitrogens with zero attached hydrogens (tertiary/aromatic N) is 1. The SMILES string of the molecule is CC1CCC(CN2C(=O)CNC2C(C)C)CC1. The molecule has 3 heteroatoms. The van der Waals surface area contributed by atoms with Crippen molar-refractivity contribution in [2.45, 2.75) is 52.6 Å². The molecule has 2 rings (SSSR count). The van der Waals surface area contributed by atoms with Crippen molar-refractivity contribution in [1.29, 1.82) is 0 Å². The lowest BCUT2D eigenvalue weighted by Crippen LogP contribution is -2.44. The standard InChI is InChI=1S/C14H26N2O/c1-10(2)14-15-8-13(17)16(14)9-12-6-4-11(3)5-7-12/h10-12,14-15H,4-9H2,1-3H3. The average Bonchev–Trinajstić information content (AvgIpc) is 2.64. The number of nitrogens with one attached hydrogen (secondary N) is 1. The summed E-state index contributed by atoms with van der Waals surface area (Å²) in [5, 5.41) is 3.33. The van der Waals surface area contributed by atoms with Crippen molar-refractivity contribution in [3.05, 3.63) is 0 Å². The van der Waals surface area contributed by atoms with E-state index in [1.165, 1.54) is 25.7 Å². The van der Waals surface area contributed by atoms with Crippen LogP contribution in [0.2, 0.25) is 0 Å². The van der Waals surface area contributed by atoms with Crippen molar-refractivity contribution in [3.63, 3.8) is 0 Å². The second kappa shape index (κ2) is 5.38. The predicted octanol–water partition coefficient (Wildman–Crippen LogP) is 2.23. The second-order valence-corrected chi connectivity index (χ2v) is 6.24. The Labute approximate surface area is 105 Å². The first-order valence-electron chi connectivity index (χ1n) is 7.10. The fraction of sp³-hybridized carbons (Fsp3) is 0.929. The molecule has 1 aliphatic carbocycles. The van der Waals surface area contributed by atoms with Gasteiger partial charge in [0.15, 0.2) is 0 Å². The van der Waals surface area contributed by atoms with Crippen molar-refractivity contribution in [3.8, 4) is 0 Å². The first-order chi connectivity index (χ1) is 8.08. The van der Waals surface area contributed by atoms with Crippen LogP contribution in [0, 0.1) is 17.8 Å². The van der Waals surface area contributed by atoms with Gasteiger partial charge in [0.1, 0.15) is 0 Å². The molecule has 0 aromatic heterocycles. The fourth-order valence-electron chi connectivity index (χ4n) is 3.16. The van der Waals surface area contributed by atoms with E-state index < -0.39 is 0 Å². The largest absolute Gasteiger partial charge is 0.326 e. The molecule has 2 fully saturated rings. The number of hydrogen-bond donors (Lipinski definition) is 1. The molecule has 1 aliphatic heterocycles. The van der Waals surface area contributed by atoms with Crippen LogP contribution >= 0.6 is 0 Å². The van der Waals surface area contributed by atoms with Gasteiger partial charge in [-0.25, -0.2) is 0 Å². The van der Waals surface area contributed by atoms with Crippen LogP contribution in [-0.4, -0.2) is 30.1 Å². The third kappa shape index (κ3) is 3.01. The summed E-state index contributed by atoms with van der Waals surface area (Å²) in [6.07, 6.45) is 5.55. The van der Waals surface area contributed by atoms with E-state index in [-0.39, 0.29) is 6.17 Å². The number of hydrogen-bond acceptors (Lipinski definition) is 2. The van der Waals surface area contributed by atoms with Gasteiger partial charge in [-0.1, -0.05) is 33.6 Å². The third-order valence-corrected chi connectivity index (χ3v) is 4.34. The molecular weight excluding hydrogens is 212 g/mol. The lowest BCUT2D eigenvalue weighted by atomic mass is 9.82. The molecule has 1 heterocycles. The summed E-state index contributed by atoms with van der Waals surface area (Å²) in [6, 6.07) is 0. The summed E-state index contributed by atoms with van der Waals surface area (Å²) >= 11 is 0. The Morgan fingerprint density at radius 3 is 2.53 bits per heavy atom. The number of carbonyl (C=O) groups excluding carboxylic acids is 1. The average molecular weight is 238 g/mol. The topological polar surface area (TPSA) is 32.3 Å². The van der Waals surface area contributed by atoms with Crippen molar-refractivity contribution in [1.82, 2.24) is 10.2 Å². The first-order valence-corrected chi connectivity index (χ1v) is 7.10. The maximum Gasteiger partial charge on any atom is 0.237 e. The van der Waals surface area contributed by atoms with Crippen LogP contribution in [0.4, 0.5) is 0 Å². The molecule has 1 saturated carbocycles. The van der Waals surface area contributed by atoms with Crippen LogP contribution in [-0.2, 0) is 4.79 Å². The van der Waals surface area contributed by atoms with Crippen molar-refractivity contribution in [2.75, 3.05) is 13.1 Å². The highest BCUT2D eigenvalue weighted by Gasteiger charge is 2.34. The summed E-state index contributed by atoms with van der Waals surface area (Å²) in [5.74, 6) is 2.42. The number of carbonyl (C=O) groups is 1. The number of rotatable bonds is 3. The summed E-state index contributed by atoms with van der Waals surface area (Å²) in [6.45, 7) is 8.22. The maximum atomic E-state index is 11.9. The molecule has 0 radical (unpaired) electrons. The van der Waals surface area contributed by atoms with E-state index >= 15 is 0 Å². The van der Waals surface area contributed by atoms with Gasteiger partial charge in [0.05, 0.1) is 12.7 Å². The van der Waals surface area contributed by atoms with Gasteiger partial charge in [0, 0.05) is 6.54 Å². The Morgan fingerprint density at radius 2 is 1.94 bits per heavy atom. The molecule has 17 heavy (non-hydrogen) atoms. The van der Waals surface area contributed by atoms with Gasteiger partial charge in [-0.15, -0.1) is 0 Å². The summed E-state index contributed by atoms with van der Waals surface area (Å²) in [7, 11) is 0. The highest BCUT2D eigenvalue weighted by molar-refractivity contribution is 5.80. The van der Waals surface area contributed by atoms with Crippen LogP contribution in [0.3, 0.4) is 0 Å². The Morgan fingerprint density at radius 1 is 1.29 bits per heavy atom. The van der Waals surface area contributed by atoms with Gasteiger partial charge >= 0.3 is 0 Å². The van der Waals surface area contributed by atoms with E-state index in [2.05, 4.69) is 31.0 Å². The van der Waals surface area contributed by atoms with Crippen LogP contribution in [0.1, 0.15) is 46.5 Å². The quantitative estimate of drug-likeness (QED) is 0.817. The molecule has 0 aromatic carbocycles. The Kier molecular flexibility index (Phi) is 4.08. The van der Waals surface area contributed by atoms with Crippen LogP contribution in [0.5, 0.6) is 0 Å². The molecule has 2 aliphatic rings. The minimum atomic E-state index is 0.266. The van der Waals surface area contributed by atoms with E-state index in [0.717, 1.165) is 18.4 Å². The summed E-state index contributed by atoms with van der Waals surface area (Å²) < 4.78 is 0. The molecule has 3 nitrogen and oxygen atoms in total. The highest BCUT2D eigenvalue weighted by Crippen LogP contribution is 2.30. The molecule has 1 N–H and O–H groups in total. The summed E-state index contributed by atoms with van der Waals surface area (Å²) in [4.78, 5) is 14.0. The molecule has 1 amide bonds. The minimum Gasteiger partial charge on any atom is -0.326 e. The molecule has 98 valence electrons. The zero-order valence-corrected chi connectivity index (χ0v) is 11.4. The molecule has 1 atom stereocenters. The Hall–Kier alpha value is -0.570. The monoisotopic (exact) mass is 238 g/mol. The van der Waals surface area contributed by atoms with Gasteiger partial charge in [0.25, 0.3) is 0 Å². The molecule has 0 spiro atoms. The second-order valence-electron chi connectivity index (χ2n) is 6.24. The van der Waals surface area contributed by atoms with Crippen LogP contribution < -0.4 is 5.32 Å². The van der Waals surface area contributed by atoms with E-state index in [1.807, 2.05) is 0 Å². The van der Waals surface area contributed by atoms with Gasteiger partial charge < -0.3 is 4.90 Å². The molecule has 1 saturated heterocycles. The third-order valence-electron chi connectivity index (χ3n) is 4.34. The number of amides is 1. The van der Waals surface area contributed by atoms with Crippen molar-refractivity contribution in [2.24, 2.45) is 17.8 Å². The lowest BCUT2D eigenvalue weighted by Gasteiger charge is -2.33. The first kappa shape index (κ1) is 12.9. The molecule has 0 aromatic rings. The fourth-order valence-corrected chi connectivity index (χ4v) is 3.16. The normalized spacial score (nSPS) is 34.7. The van der Waals surface area contributed by atoms with E-state index in [9.17, 15) is 4.79 Å². The van der Waals surface area contributed by atoms with E-state index in [4.69, 9.17) is 0 Å². The van der Waals surface area contributed by atoms with Gasteiger partial charge in [0.2, 0.25) is 5.91 Å². The Bertz CT molecular complexity index is 269. The molecular formula is C14H26N2O. The lowest BCUT2D eigenvalue weighted by molar-refractivity contribution is -0.129. The Balaban J connectivity index is 1.90. The molecule has 0 bridgehead atoms. The van der Waals surface area contributed by atoms with Crippen molar-refractivity contribution >= 4 is 5.91 Å². The van der Waals surface area contributed by atoms with Gasteiger partial charge in [-0.2, -0.15) is 0 Å². The van der Waals surface area contributed by atoms with E-state index in [1.54, 1.807) is 0 Å². The van der Waals surface area contributed by atoms with Gasteiger partial charge in [-0.3, -0.25) is 10.1 Å². The zero-order valence-electron chi connectivity index (χ0n) is 11.4. The van der Waals surface area contributed by atoms with Gasteiger partial charge in [-0.05, 0) is 30.6 Å². The predicted molar refractivity (Wildman–Crippen MR) is 69.5 cm³/mol. The smallest absolute Gasteiger partial charge is 0.237 e. The zero-order chi connectivity index (χ0) is 12.4. The maximum absolute atomic E-state index is 11.9. The van der Waals surface area contributed by atoms with Crippen LogP contribution in [0.25, 0.3) is 0 Å². The van der Waals surface area contributed by atoms with Crippen molar-refractivity contribution < 1.29 is 4.79 Å². The van der Waals surface area contributed by atoms with E-state index in [0.29, 0.717) is 18.4 Å². The molecule has 1 unspecified atom stereocenters. The minimum absolute atomic E-state index is 0.266. The summed E-state index contributed by atoms with van der Waals surface area (Å²) in [5.41, 5.74) is 0. The van der Waals surface area contributed by atoms with Crippen LogP contribution in [0.15, 0.2) is 0 Å².